The highest BCUT2D eigenvalue weighted by atomic mass is 127. The Bertz CT molecular complexity index is 772. The van der Waals surface area contributed by atoms with Crippen LogP contribution >= 0.6 is 22.9 Å². The summed E-state index contributed by atoms with van der Waals surface area (Å²) >= 11 is 2.11. The van der Waals surface area contributed by atoms with Crippen LogP contribution in [0.1, 0.15) is 50.3 Å². The van der Waals surface area contributed by atoms with E-state index in [4.69, 9.17) is 0 Å². The van der Waals surface area contributed by atoms with Gasteiger partial charge < -0.3 is 13.5 Å². The Morgan fingerprint density at radius 3 is 2.36 bits per heavy atom. The molecule has 0 aliphatic rings. The summed E-state index contributed by atoms with van der Waals surface area (Å²) < 4.78 is 3.10. The smallest absolute Gasteiger partial charge is 0.223 e. The zero-order valence-electron chi connectivity index (χ0n) is 16.6. The number of rotatable bonds is 10. The monoisotopic (exact) mass is 492 g/mol. The van der Waals surface area contributed by atoms with E-state index >= 15 is 0 Å². The molecule has 5 heteroatoms. The maximum atomic E-state index is 13.0. The molecule has 0 aliphatic carbocycles. The van der Waals surface area contributed by atoms with Crippen molar-refractivity contribution < 1.29 is 9.90 Å². The second-order valence-electron chi connectivity index (χ2n) is 7.21. The quantitative estimate of drug-likeness (QED) is 0.242. The van der Waals surface area contributed by atoms with Crippen molar-refractivity contribution in [1.82, 2.24) is 4.90 Å². The number of carbonyl (C=O) groups excluding carboxylic acids is 1. The van der Waals surface area contributed by atoms with Gasteiger partial charge in [-0.15, -0.1) is 6.58 Å². The predicted molar refractivity (Wildman–Crippen MR) is 125 cm³/mol. The highest BCUT2D eigenvalue weighted by Gasteiger charge is 2.21. The standard InChI is InChI=1S/C23H29IN2O2/c1-17(2)5-4-16-26(18(3)20-9-11-21(25-24)12-10-20)23(28)15-8-19-6-13-22(27)14-7-19/h6-7,9-14,18,25,27H,1,4-5,8,15-16H2,2-3H3. The van der Waals surface area contributed by atoms with Gasteiger partial charge >= 0.3 is 0 Å². The van der Waals surface area contributed by atoms with Crippen LogP contribution < -0.4 is 3.53 Å². The van der Waals surface area contributed by atoms with E-state index < -0.39 is 0 Å². The molecule has 0 aliphatic heterocycles. The second kappa shape index (κ2) is 11.1. The largest absolute Gasteiger partial charge is 0.508 e. The summed E-state index contributed by atoms with van der Waals surface area (Å²) in [6.45, 7) is 8.80. The summed E-state index contributed by atoms with van der Waals surface area (Å²) in [4.78, 5) is 15.0. The third-order valence-electron chi connectivity index (χ3n) is 4.86. The van der Waals surface area contributed by atoms with Gasteiger partial charge in [0, 0.05) is 18.7 Å². The average molecular weight is 492 g/mol. The zero-order chi connectivity index (χ0) is 20.5. The Labute approximate surface area is 182 Å². The van der Waals surface area contributed by atoms with E-state index in [1.165, 1.54) is 0 Å². The van der Waals surface area contributed by atoms with Gasteiger partial charge in [0.05, 0.1) is 28.9 Å². The number of allylic oxidation sites excluding steroid dienone is 1. The summed E-state index contributed by atoms with van der Waals surface area (Å²) in [5.41, 5.74) is 4.37. The van der Waals surface area contributed by atoms with Crippen molar-refractivity contribution in [2.24, 2.45) is 0 Å². The van der Waals surface area contributed by atoms with E-state index in [0.717, 1.165) is 35.2 Å². The van der Waals surface area contributed by atoms with Crippen LogP contribution in [0.5, 0.6) is 5.75 Å². The summed E-state index contributed by atoms with van der Waals surface area (Å²) in [7, 11) is 0. The van der Waals surface area contributed by atoms with Gasteiger partial charge in [0.15, 0.2) is 0 Å². The molecular weight excluding hydrogens is 463 g/mol. The van der Waals surface area contributed by atoms with E-state index in [-0.39, 0.29) is 17.7 Å². The van der Waals surface area contributed by atoms with Crippen molar-refractivity contribution in [3.05, 3.63) is 71.8 Å². The molecule has 0 aromatic heterocycles. The van der Waals surface area contributed by atoms with Crippen molar-refractivity contribution >= 4 is 34.5 Å². The minimum absolute atomic E-state index is 0.0145. The van der Waals surface area contributed by atoms with Crippen molar-refractivity contribution in [3.63, 3.8) is 0 Å². The summed E-state index contributed by atoms with van der Waals surface area (Å²) in [5.74, 6) is 0.396. The number of phenolic OH excluding ortho intramolecular Hbond substituents is 1. The second-order valence-corrected chi connectivity index (χ2v) is 7.75. The van der Waals surface area contributed by atoms with Crippen LogP contribution in [0.3, 0.4) is 0 Å². The van der Waals surface area contributed by atoms with Crippen LogP contribution in [0.4, 0.5) is 5.69 Å². The van der Waals surface area contributed by atoms with Gasteiger partial charge in [0.1, 0.15) is 5.75 Å². The number of phenols is 1. The van der Waals surface area contributed by atoms with E-state index in [1.807, 2.05) is 36.1 Å². The molecule has 0 radical (unpaired) electrons. The first-order valence-corrected chi connectivity index (χ1v) is 10.7. The van der Waals surface area contributed by atoms with Gasteiger partial charge in [0.2, 0.25) is 5.91 Å². The van der Waals surface area contributed by atoms with Crippen LogP contribution in [-0.2, 0) is 11.2 Å². The van der Waals surface area contributed by atoms with Crippen LogP contribution in [0, 0.1) is 0 Å². The van der Waals surface area contributed by atoms with Crippen LogP contribution in [0.25, 0.3) is 0 Å². The molecule has 2 rings (SSSR count). The molecule has 1 atom stereocenters. The minimum Gasteiger partial charge on any atom is -0.508 e. The molecule has 0 spiro atoms. The molecule has 0 saturated carbocycles. The molecule has 2 N–H and O–H groups in total. The van der Waals surface area contributed by atoms with Gasteiger partial charge in [-0.2, -0.15) is 0 Å². The molecule has 28 heavy (non-hydrogen) atoms. The molecule has 150 valence electrons. The van der Waals surface area contributed by atoms with E-state index in [9.17, 15) is 9.90 Å². The lowest BCUT2D eigenvalue weighted by molar-refractivity contribution is -0.133. The van der Waals surface area contributed by atoms with E-state index in [1.54, 1.807) is 12.1 Å². The first-order chi connectivity index (χ1) is 13.4. The van der Waals surface area contributed by atoms with Crippen molar-refractivity contribution in [2.75, 3.05) is 10.1 Å². The normalized spacial score (nSPS) is 11.7. The number of amides is 1. The third-order valence-corrected chi connectivity index (χ3v) is 5.48. The van der Waals surface area contributed by atoms with Gasteiger partial charge in [-0.1, -0.05) is 29.8 Å². The number of benzene rings is 2. The third kappa shape index (κ3) is 6.86. The predicted octanol–water partition coefficient (Wildman–Crippen LogP) is 6.03. The fourth-order valence-electron chi connectivity index (χ4n) is 3.15. The lowest BCUT2D eigenvalue weighted by atomic mass is 10.0. The number of hydrogen-bond donors (Lipinski definition) is 2. The Morgan fingerprint density at radius 1 is 1.14 bits per heavy atom. The molecule has 0 fully saturated rings. The SMILES string of the molecule is C=C(C)CCCN(C(=O)CCc1ccc(O)cc1)C(C)c1ccc(NI)cc1. The molecule has 4 nitrogen and oxygen atoms in total. The lowest BCUT2D eigenvalue weighted by Crippen LogP contribution is -2.34. The Hall–Kier alpha value is -2.02. The van der Waals surface area contributed by atoms with Crippen molar-refractivity contribution in [3.8, 4) is 5.75 Å². The Morgan fingerprint density at radius 2 is 1.79 bits per heavy atom. The average Bonchev–Trinajstić information content (AvgIpc) is 2.70. The zero-order valence-corrected chi connectivity index (χ0v) is 18.8. The Balaban J connectivity index is 2.08. The van der Waals surface area contributed by atoms with Gasteiger partial charge in [-0.3, -0.25) is 4.79 Å². The lowest BCUT2D eigenvalue weighted by Gasteiger charge is -2.30. The van der Waals surface area contributed by atoms with Gasteiger partial charge in [0.25, 0.3) is 0 Å². The number of aryl methyl sites for hydroxylation is 1. The number of halogens is 1. The number of nitrogens with zero attached hydrogens (tertiary/aromatic N) is 1. The van der Waals surface area contributed by atoms with Crippen LogP contribution in [0.2, 0.25) is 0 Å². The van der Waals surface area contributed by atoms with Gasteiger partial charge in [-0.25, -0.2) is 0 Å². The molecule has 1 amide bonds. The number of nitrogens with one attached hydrogen (secondary N) is 1. The fourth-order valence-corrected chi connectivity index (χ4v) is 3.51. The molecule has 2 aromatic carbocycles. The van der Waals surface area contributed by atoms with E-state index in [0.29, 0.717) is 19.4 Å². The number of anilines is 1. The number of hydrogen-bond acceptors (Lipinski definition) is 3. The highest BCUT2D eigenvalue weighted by Crippen LogP contribution is 2.24. The molecule has 0 heterocycles. The molecule has 1 unspecified atom stereocenters. The molecule has 0 bridgehead atoms. The number of aromatic hydroxyl groups is 1. The van der Waals surface area contributed by atoms with Crippen LogP contribution in [0.15, 0.2) is 60.7 Å². The van der Waals surface area contributed by atoms with E-state index in [2.05, 4.69) is 52.0 Å². The first-order valence-electron chi connectivity index (χ1n) is 9.59. The summed E-state index contributed by atoms with van der Waals surface area (Å²) in [6.07, 6.45) is 2.96. The molecule has 2 aromatic rings. The molecule has 0 saturated heterocycles. The maximum Gasteiger partial charge on any atom is 0.223 e. The topological polar surface area (TPSA) is 52.6 Å². The molecular formula is C23H29IN2O2. The van der Waals surface area contributed by atoms with Crippen LogP contribution in [-0.4, -0.2) is 22.5 Å². The van der Waals surface area contributed by atoms with Crippen molar-refractivity contribution in [1.29, 1.82) is 0 Å². The highest BCUT2D eigenvalue weighted by molar-refractivity contribution is 14.1. The summed E-state index contributed by atoms with van der Waals surface area (Å²) in [6, 6.07) is 15.3. The fraction of sp³-hybridized carbons (Fsp3) is 0.348. The Kier molecular flexibility index (Phi) is 8.83. The van der Waals surface area contributed by atoms with Gasteiger partial charge in [-0.05, 0) is 68.5 Å². The summed E-state index contributed by atoms with van der Waals surface area (Å²) in [5, 5.41) is 9.41. The van der Waals surface area contributed by atoms with Crippen molar-refractivity contribution in [2.45, 2.75) is 45.6 Å². The number of carbonyl (C=O) groups is 1. The minimum atomic E-state index is 0.0145. The maximum absolute atomic E-state index is 13.0. The first kappa shape index (κ1) is 22.3.